The van der Waals surface area contributed by atoms with Crippen LogP contribution in [-0.4, -0.2) is 25.3 Å². The Morgan fingerprint density at radius 1 is 0.429 bits per heavy atom. The van der Waals surface area contributed by atoms with Crippen LogP contribution in [0, 0.1) is 0 Å². The Labute approximate surface area is 324 Å². The maximum Gasteiger partial charge on any atom is 0.160 e. The van der Waals surface area contributed by atoms with Crippen molar-refractivity contribution in [3.63, 3.8) is 0 Å². The lowest BCUT2D eigenvalue weighted by molar-refractivity contribution is 0.913. The van der Waals surface area contributed by atoms with Crippen molar-refractivity contribution in [1.29, 1.82) is 0 Å². The summed E-state index contributed by atoms with van der Waals surface area (Å²) in [5.74, 6) is 0.701. The lowest BCUT2D eigenvalue weighted by atomic mass is 10.00. The van der Waals surface area contributed by atoms with Crippen molar-refractivity contribution in [2.45, 2.75) is 12.8 Å². The van der Waals surface area contributed by atoms with Crippen molar-refractivity contribution in [2.75, 3.05) is 0 Å². The van der Waals surface area contributed by atoms with E-state index in [-0.39, 0.29) is 0 Å². The van der Waals surface area contributed by atoms with E-state index in [1.807, 2.05) is 36.4 Å². The second-order valence-corrected chi connectivity index (χ2v) is 14.3. The average molecular weight is 718 g/mol. The minimum absolute atomic E-state index is 0.701. The van der Waals surface area contributed by atoms with Gasteiger partial charge in [-0.3, -0.25) is 4.99 Å². The molecule has 1 aliphatic rings. The van der Waals surface area contributed by atoms with Crippen LogP contribution < -0.4 is 0 Å². The van der Waals surface area contributed by atoms with E-state index in [1.54, 1.807) is 0 Å². The van der Waals surface area contributed by atoms with Gasteiger partial charge in [0, 0.05) is 61.7 Å². The normalized spacial score (nSPS) is 12.4. The molecular weight excluding hydrogens is 683 g/mol. The maximum absolute atomic E-state index is 5.07. The molecule has 5 nitrogen and oxygen atoms in total. The quantitative estimate of drug-likeness (QED) is 0.172. The molecule has 0 bridgehead atoms. The number of benzene rings is 7. The highest BCUT2D eigenvalue weighted by Gasteiger charge is 2.22. The van der Waals surface area contributed by atoms with Crippen LogP contribution in [0.3, 0.4) is 0 Å². The molecule has 0 saturated heterocycles. The zero-order valence-electron chi connectivity index (χ0n) is 30.5. The van der Waals surface area contributed by atoms with E-state index in [4.69, 9.17) is 15.0 Å². The van der Waals surface area contributed by atoms with Gasteiger partial charge in [0.15, 0.2) is 5.82 Å². The van der Waals surface area contributed by atoms with Crippen LogP contribution in [-0.2, 0) is 6.42 Å². The summed E-state index contributed by atoms with van der Waals surface area (Å²) in [6.45, 7) is 0. The molecule has 56 heavy (non-hydrogen) atoms. The molecule has 4 heterocycles. The number of aromatic nitrogens is 4. The SMILES string of the molecule is C1=Nc2c(n(-c3ccc(-c4nc(-c5ccccc5)cc(-c5ccccc5)n4)cc3)c3ccc(-c4cccc5c6ccccc6n(-c6ccccc6)c45)cc23)CC1. The number of fused-ring (bicyclic) bond motifs is 6. The van der Waals surface area contributed by atoms with E-state index in [2.05, 4.69) is 161 Å². The predicted molar refractivity (Wildman–Crippen MR) is 231 cm³/mol. The van der Waals surface area contributed by atoms with Gasteiger partial charge < -0.3 is 9.13 Å². The number of hydrogen-bond acceptors (Lipinski definition) is 3. The highest BCUT2D eigenvalue weighted by molar-refractivity contribution is 6.14. The summed E-state index contributed by atoms with van der Waals surface area (Å²) in [5, 5.41) is 3.65. The summed E-state index contributed by atoms with van der Waals surface area (Å²) in [4.78, 5) is 15.2. The van der Waals surface area contributed by atoms with Gasteiger partial charge in [0.25, 0.3) is 0 Å². The van der Waals surface area contributed by atoms with Crippen LogP contribution in [0.4, 0.5) is 5.69 Å². The van der Waals surface area contributed by atoms with E-state index in [9.17, 15) is 0 Å². The van der Waals surface area contributed by atoms with Gasteiger partial charge in [0.1, 0.15) is 0 Å². The van der Waals surface area contributed by atoms with E-state index in [0.29, 0.717) is 5.82 Å². The van der Waals surface area contributed by atoms with Crippen LogP contribution in [0.25, 0.3) is 89.1 Å². The van der Waals surface area contributed by atoms with Crippen molar-refractivity contribution >= 4 is 44.6 Å². The number of nitrogens with zero attached hydrogens (tertiary/aromatic N) is 5. The molecule has 264 valence electrons. The fraction of sp³-hybridized carbons (Fsp3) is 0.0392. The van der Waals surface area contributed by atoms with Gasteiger partial charge in [-0.25, -0.2) is 9.97 Å². The second-order valence-electron chi connectivity index (χ2n) is 14.3. The first kappa shape index (κ1) is 32.1. The third-order valence-corrected chi connectivity index (χ3v) is 11.0. The van der Waals surface area contributed by atoms with Gasteiger partial charge in [0.2, 0.25) is 0 Å². The summed E-state index contributed by atoms with van der Waals surface area (Å²) in [7, 11) is 0. The fourth-order valence-corrected chi connectivity index (χ4v) is 8.47. The summed E-state index contributed by atoms with van der Waals surface area (Å²) < 4.78 is 4.81. The Balaban J connectivity index is 1.04. The molecule has 0 fully saturated rings. The molecule has 0 atom stereocenters. The Hall–Kier alpha value is -7.37. The number of para-hydroxylation sites is 3. The zero-order valence-corrected chi connectivity index (χ0v) is 30.5. The van der Waals surface area contributed by atoms with Gasteiger partial charge in [0.05, 0.1) is 33.6 Å². The number of rotatable bonds is 6. The van der Waals surface area contributed by atoms with Crippen LogP contribution in [0.15, 0.2) is 187 Å². The molecule has 0 radical (unpaired) electrons. The predicted octanol–water partition coefficient (Wildman–Crippen LogP) is 12.8. The molecule has 0 N–H and O–H groups in total. The third-order valence-electron chi connectivity index (χ3n) is 11.0. The molecule has 11 rings (SSSR count). The first-order valence-electron chi connectivity index (χ1n) is 19.2. The van der Waals surface area contributed by atoms with Crippen molar-refractivity contribution in [1.82, 2.24) is 19.1 Å². The molecule has 0 saturated carbocycles. The largest absolute Gasteiger partial charge is 0.311 e. The van der Waals surface area contributed by atoms with Crippen LogP contribution in [0.1, 0.15) is 12.1 Å². The molecule has 10 aromatic rings. The maximum atomic E-state index is 5.07. The van der Waals surface area contributed by atoms with Gasteiger partial charge in [-0.2, -0.15) is 0 Å². The van der Waals surface area contributed by atoms with Crippen molar-refractivity contribution in [3.05, 3.63) is 188 Å². The van der Waals surface area contributed by atoms with E-state index >= 15 is 0 Å². The van der Waals surface area contributed by atoms with Crippen LogP contribution in [0.2, 0.25) is 0 Å². The first-order valence-corrected chi connectivity index (χ1v) is 19.2. The fourth-order valence-electron chi connectivity index (χ4n) is 8.47. The number of aliphatic imine (C=N–C) groups is 1. The Morgan fingerprint density at radius 3 is 1.77 bits per heavy atom. The van der Waals surface area contributed by atoms with Crippen molar-refractivity contribution in [2.24, 2.45) is 4.99 Å². The zero-order chi connectivity index (χ0) is 37.0. The highest BCUT2D eigenvalue weighted by Crippen LogP contribution is 2.43. The van der Waals surface area contributed by atoms with Crippen molar-refractivity contribution in [3.8, 4) is 56.4 Å². The Kier molecular flexibility index (Phi) is 7.56. The minimum Gasteiger partial charge on any atom is -0.311 e. The van der Waals surface area contributed by atoms with E-state index < -0.39 is 0 Å². The summed E-state index contributed by atoms with van der Waals surface area (Å²) in [5.41, 5.74) is 15.4. The molecule has 0 aliphatic carbocycles. The topological polar surface area (TPSA) is 48.0 Å². The minimum atomic E-state index is 0.701. The molecule has 3 aromatic heterocycles. The van der Waals surface area contributed by atoms with Gasteiger partial charge in [-0.05, 0) is 79.1 Å². The molecule has 0 spiro atoms. The Morgan fingerprint density at radius 2 is 1.04 bits per heavy atom. The lowest BCUT2D eigenvalue weighted by Crippen LogP contribution is -2.03. The van der Waals surface area contributed by atoms with Crippen LogP contribution >= 0.6 is 0 Å². The molecule has 0 unspecified atom stereocenters. The summed E-state index contributed by atoms with van der Waals surface area (Å²) in [6.07, 6.45) is 3.90. The smallest absolute Gasteiger partial charge is 0.160 e. The molecular formula is C51H35N5. The van der Waals surface area contributed by atoms with E-state index in [1.165, 1.54) is 38.6 Å². The van der Waals surface area contributed by atoms with Gasteiger partial charge in [-0.15, -0.1) is 0 Å². The van der Waals surface area contributed by atoms with Crippen molar-refractivity contribution < 1.29 is 0 Å². The second kappa shape index (κ2) is 13.2. The van der Waals surface area contributed by atoms with Gasteiger partial charge >= 0.3 is 0 Å². The molecule has 5 heteroatoms. The van der Waals surface area contributed by atoms with Crippen LogP contribution in [0.5, 0.6) is 0 Å². The third kappa shape index (κ3) is 5.28. The molecule has 0 amide bonds. The van der Waals surface area contributed by atoms with Gasteiger partial charge in [-0.1, -0.05) is 121 Å². The molecule has 1 aliphatic heterocycles. The summed E-state index contributed by atoms with van der Waals surface area (Å²) >= 11 is 0. The van der Waals surface area contributed by atoms with E-state index in [0.717, 1.165) is 68.9 Å². The summed E-state index contributed by atoms with van der Waals surface area (Å²) in [6, 6.07) is 64.4. The number of hydrogen-bond donors (Lipinski definition) is 0. The monoisotopic (exact) mass is 717 g/mol. The Bertz CT molecular complexity index is 3050. The first-order chi connectivity index (χ1) is 27.8. The lowest BCUT2D eigenvalue weighted by Gasteiger charge is -2.14. The standard InChI is InChI=1S/C51H35N5/c1-4-14-34(15-5-1)44-33-45(35-16-6-2-7-17-35)54-51(53-44)36-25-28-39(29-26-36)55-47-30-27-37(32-43(47)49-48(55)24-13-31-52-49)40-21-12-22-42-41-20-10-11-23-46(41)56(50(40)42)38-18-8-3-9-19-38/h1-12,14-23,25-33H,13,24H2. The average Bonchev–Trinajstić information content (AvgIpc) is 3.80. The highest BCUT2D eigenvalue weighted by atomic mass is 15.0. The molecule has 7 aromatic carbocycles.